The summed E-state index contributed by atoms with van der Waals surface area (Å²) in [5.74, 6) is -1.56. The standard InChI is InChI=1S/C13H20N2O5S/c1-3-7-15(8-4-2)21(19,20)14-12-6-5-10(16)9-11(12)13(17)18/h5-6,9,14,16H,3-4,7-8H2,1-2H3,(H,17,18). The van der Waals surface area contributed by atoms with Crippen LogP contribution in [-0.4, -0.2) is 42.0 Å². The molecule has 0 atom stereocenters. The number of hydrogen-bond acceptors (Lipinski definition) is 4. The number of phenolic OH excluding ortho intramolecular Hbond substituents is 1. The van der Waals surface area contributed by atoms with E-state index in [-0.39, 0.29) is 17.0 Å². The molecular formula is C13H20N2O5S. The highest BCUT2D eigenvalue weighted by atomic mass is 32.2. The van der Waals surface area contributed by atoms with Gasteiger partial charge in [-0.15, -0.1) is 0 Å². The number of nitrogens with one attached hydrogen (secondary N) is 1. The van der Waals surface area contributed by atoms with Gasteiger partial charge in [-0.1, -0.05) is 13.8 Å². The van der Waals surface area contributed by atoms with E-state index in [0.717, 1.165) is 6.07 Å². The Hall–Kier alpha value is -1.80. The van der Waals surface area contributed by atoms with Crippen molar-refractivity contribution in [3.63, 3.8) is 0 Å². The van der Waals surface area contributed by atoms with E-state index in [2.05, 4.69) is 4.72 Å². The lowest BCUT2D eigenvalue weighted by Crippen LogP contribution is -2.37. The minimum Gasteiger partial charge on any atom is -0.508 e. The van der Waals surface area contributed by atoms with Gasteiger partial charge in [0.2, 0.25) is 0 Å². The van der Waals surface area contributed by atoms with E-state index in [4.69, 9.17) is 5.11 Å². The maximum absolute atomic E-state index is 12.3. The van der Waals surface area contributed by atoms with Crippen LogP contribution in [0.5, 0.6) is 5.75 Å². The van der Waals surface area contributed by atoms with Crippen molar-refractivity contribution in [1.29, 1.82) is 0 Å². The Bertz CT molecular complexity index is 595. The van der Waals surface area contributed by atoms with Crippen LogP contribution in [0.2, 0.25) is 0 Å². The van der Waals surface area contributed by atoms with E-state index in [0.29, 0.717) is 25.9 Å². The first-order chi connectivity index (χ1) is 9.81. The Morgan fingerprint density at radius 3 is 2.29 bits per heavy atom. The molecule has 1 aromatic carbocycles. The van der Waals surface area contributed by atoms with Crippen LogP contribution in [0.3, 0.4) is 0 Å². The van der Waals surface area contributed by atoms with Crippen molar-refractivity contribution in [2.45, 2.75) is 26.7 Å². The molecule has 118 valence electrons. The van der Waals surface area contributed by atoms with E-state index in [1.54, 1.807) is 0 Å². The van der Waals surface area contributed by atoms with Crippen LogP contribution in [0.15, 0.2) is 18.2 Å². The van der Waals surface area contributed by atoms with Crippen molar-refractivity contribution in [3.8, 4) is 5.75 Å². The largest absolute Gasteiger partial charge is 0.508 e. The van der Waals surface area contributed by atoms with Crippen molar-refractivity contribution < 1.29 is 23.4 Å². The predicted octanol–water partition coefficient (Wildman–Crippen LogP) is 1.87. The normalized spacial score (nSPS) is 11.6. The van der Waals surface area contributed by atoms with Crippen LogP contribution >= 0.6 is 0 Å². The number of nitrogens with zero attached hydrogens (tertiary/aromatic N) is 1. The van der Waals surface area contributed by atoms with Gasteiger partial charge in [-0.25, -0.2) is 4.79 Å². The highest BCUT2D eigenvalue weighted by Gasteiger charge is 2.23. The average Bonchev–Trinajstić information content (AvgIpc) is 2.40. The molecule has 8 heteroatoms. The molecule has 1 rings (SSSR count). The Balaban J connectivity index is 3.11. The van der Waals surface area contributed by atoms with Gasteiger partial charge in [0, 0.05) is 13.1 Å². The zero-order valence-corrected chi connectivity index (χ0v) is 12.9. The molecule has 0 aliphatic rings. The summed E-state index contributed by atoms with van der Waals surface area (Å²) in [6, 6.07) is 3.46. The number of rotatable bonds is 8. The molecular weight excluding hydrogens is 296 g/mol. The van der Waals surface area contributed by atoms with Gasteiger partial charge in [0.1, 0.15) is 5.75 Å². The van der Waals surface area contributed by atoms with E-state index < -0.39 is 16.2 Å². The molecule has 0 saturated carbocycles. The molecule has 21 heavy (non-hydrogen) atoms. The smallest absolute Gasteiger partial charge is 0.337 e. The summed E-state index contributed by atoms with van der Waals surface area (Å²) in [5.41, 5.74) is -0.371. The lowest BCUT2D eigenvalue weighted by atomic mass is 10.2. The summed E-state index contributed by atoms with van der Waals surface area (Å²) in [4.78, 5) is 11.1. The highest BCUT2D eigenvalue weighted by Crippen LogP contribution is 2.23. The molecule has 0 fully saturated rings. The fraction of sp³-hybridized carbons (Fsp3) is 0.462. The van der Waals surface area contributed by atoms with Crippen molar-refractivity contribution >= 4 is 21.9 Å². The summed E-state index contributed by atoms with van der Waals surface area (Å²) in [6.07, 6.45) is 1.31. The molecule has 0 radical (unpaired) electrons. The number of carboxylic acid groups (broad SMARTS) is 1. The fourth-order valence-electron chi connectivity index (χ4n) is 1.85. The topological polar surface area (TPSA) is 107 Å². The summed E-state index contributed by atoms with van der Waals surface area (Å²) < 4.78 is 28.1. The molecule has 0 aromatic heterocycles. The molecule has 3 N–H and O–H groups in total. The highest BCUT2D eigenvalue weighted by molar-refractivity contribution is 7.90. The number of aromatic carboxylic acids is 1. The van der Waals surface area contributed by atoms with E-state index in [1.165, 1.54) is 16.4 Å². The fourth-order valence-corrected chi connectivity index (χ4v) is 3.28. The minimum absolute atomic E-state index is 0.0718. The van der Waals surface area contributed by atoms with Crippen LogP contribution in [0, 0.1) is 0 Å². The zero-order valence-electron chi connectivity index (χ0n) is 12.0. The second kappa shape index (κ2) is 7.28. The number of carboxylic acids is 1. The summed E-state index contributed by atoms with van der Waals surface area (Å²) >= 11 is 0. The van der Waals surface area contributed by atoms with Gasteiger partial charge in [0.05, 0.1) is 11.3 Å². The summed E-state index contributed by atoms with van der Waals surface area (Å²) in [5, 5.41) is 18.4. The molecule has 0 unspecified atom stereocenters. The SMILES string of the molecule is CCCN(CCC)S(=O)(=O)Nc1ccc(O)cc1C(=O)O. The molecule has 7 nitrogen and oxygen atoms in total. The molecule has 0 aliphatic carbocycles. The molecule has 0 amide bonds. The van der Waals surface area contributed by atoms with Crippen LogP contribution in [0.4, 0.5) is 5.69 Å². The van der Waals surface area contributed by atoms with Crippen LogP contribution in [-0.2, 0) is 10.2 Å². The first-order valence-corrected chi connectivity index (χ1v) is 8.10. The Morgan fingerprint density at radius 2 is 1.81 bits per heavy atom. The lowest BCUT2D eigenvalue weighted by Gasteiger charge is -2.22. The molecule has 1 aromatic rings. The van der Waals surface area contributed by atoms with Crippen molar-refractivity contribution in [2.24, 2.45) is 0 Å². The first kappa shape index (κ1) is 17.3. The Kier molecular flexibility index (Phi) is 5.98. The molecule has 0 bridgehead atoms. The van der Waals surface area contributed by atoms with Gasteiger partial charge >= 0.3 is 16.2 Å². The third kappa shape index (κ3) is 4.61. The second-order valence-corrected chi connectivity index (χ2v) is 6.21. The minimum atomic E-state index is -3.83. The monoisotopic (exact) mass is 316 g/mol. The number of aromatic hydroxyl groups is 1. The van der Waals surface area contributed by atoms with Crippen LogP contribution in [0.25, 0.3) is 0 Å². The maximum Gasteiger partial charge on any atom is 0.337 e. The van der Waals surface area contributed by atoms with Gasteiger partial charge < -0.3 is 10.2 Å². The zero-order chi connectivity index (χ0) is 16.0. The van der Waals surface area contributed by atoms with Gasteiger partial charge in [-0.05, 0) is 31.0 Å². The van der Waals surface area contributed by atoms with Crippen molar-refractivity contribution in [3.05, 3.63) is 23.8 Å². The lowest BCUT2D eigenvalue weighted by molar-refractivity contribution is 0.0697. The van der Waals surface area contributed by atoms with Crippen LogP contribution < -0.4 is 4.72 Å². The number of carbonyl (C=O) groups is 1. The molecule has 0 aliphatic heterocycles. The van der Waals surface area contributed by atoms with Gasteiger partial charge in [-0.2, -0.15) is 12.7 Å². The van der Waals surface area contributed by atoms with Gasteiger partial charge in [-0.3, -0.25) is 4.72 Å². The van der Waals surface area contributed by atoms with Gasteiger partial charge in [0.15, 0.2) is 0 Å². The third-order valence-electron chi connectivity index (χ3n) is 2.76. The average molecular weight is 316 g/mol. The molecule has 0 heterocycles. The molecule has 0 spiro atoms. The first-order valence-electron chi connectivity index (χ1n) is 6.66. The Labute approximate surface area is 124 Å². The second-order valence-electron chi connectivity index (χ2n) is 4.54. The van der Waals surface area contributed by atoms with E-state index >= 15 is 0 Å². The van der Waals surface area contributed by atoms with E-state index in [9.17, 15) is 18.3 Å². The number of benzene rings is 1. The van der Waals surface area contributed by atoms with Crippen molar-refractivity contribution in [1.82, 2.24) is 4.31 Å². The summed E-state index contributed by atoms with van der Waals surface area (Å²) in [7, 11) is -3.83. The van der Waals surface area contributed by atoms with E-state index in [1.807, 2.05) is 13.8 Å². The number of hydrogen-bond donors (Lipinski definition) is 3. The number of anilines is 1. The molecule has 0 saturated heterocycles. The number of phenols is 1. The summed E-state index contributed by atoms with van der Waals surface area (Å²) in [6.45, 7) is 4.43. The quantitative estimate of drug-likeness (QED) is 0.635. The maximum atomic E-state index is 12.3. The van der Waals surface area contributed by atoms with Gasteiger partial charge in [0.25, 0.3) is 0 Å². The Morgan fingerprint density at radius 1 is 1.24 bits per heavy atom. The third-order valence-corrected chi connectivity index (χ3v) is 4.28. The predicted molar refractivity (Wildman–Crippen MR) is 79.8 cm³/mol. The van der Waals surface area contributed by atoms with Crippen LogP contribution in [0.1, 0.15) is 37.0 Å². The van der Waals surface area contributed by atoms with Crippen molar-refractivity contribution in [2.75, 3.05) is 17.8 Å².